The van der Waals surface area contributed by atoms with Crippen LogP contribution in [0.4, 0.5) is 11.6 Å². The van der Waals surface area contributed by atoms with Gasteiger partial charge in [0.25, 0.3) is 0 Å². The lowest BCUT2D eigenvalue weighted by atomic mass is 10.0. The van der Waals surface area contributed by atoms with Crippen molar-refractivity contribution in [3.63, 3.8) is 0 Å². The number of pyridine rings is 1. The molecule has 2 aromatic heterocycles. The molecule has 1 aliphatic carbocycles. The number of hydrogen-bond donors (Lipinski definition) is 2. The molecule has 1 aromatic carbocycles. The highest BCUT2D eigenvalue weighted by Crippen LogP contribution is 2.39. The van der Waals surface area contributed by atoms with E-state index in [9.17, 15) is 5.26 Å². The molecule has 0 atom stereocenters. The summed E-state index contributed by atoms with van der Waals surface area (Å²) in [6.07, 6.45) is 5.99. The maximum absolute atomic E-state index is 9.63. The molecule has 2 fully saturated rings. The van der Waals surface area contributed by atoms with Gasteiger partial charge in [0.1, 0.15) is 29.6 Å². The minimum Gasteiger partial charge on any atom is -0.489 e. The van der Waals surface area contributed by atoms with Gasteiger partial charge in [0.15, 0.2) is 0 Å². The molecule has 7 nitrogen and oxygen atoms in total. The number of aromatic amines is 1. The number of rotatable bonds is 6. The van der Waals surface area contributed by atoms with Crippen LogP contribution in [-0.4, -0.2) is 34.5 Å². The first-order valence-electron chi connectivity index (χ1n) is 10.4. The van der Waals surface area contributed by atoms with Crippen LogP contribution in [-0.2, 0) is 4.74 Å². The number of aromatic nitrogens is 3. The molecule has 30 heavy (non-hydrogen) atoms. The average Bonchev–Trinajstić information content (AvgIpc) is 3.54. The number of anilines is 2. The molecule has 0 unspecified atom stereocenters. The second-order valence-electron chi connectivity index (χ2n) is 7.79. The fraction of sp³-hybridized carbons (Fsp3) is 0.348. The number of H-pyrrole nitrogens is 1. The largest absolute Gasteiger partial charge is 0.489 e. The zero-order valence-electron chi connectivity index (χ0n) is 16.6. The van der Waals surface area contributed by atoms with E-state index in [2.05, 4.69) is 26.6 Å². The van der Waals surface area contributed by atoms with E-state index >= 15 is 0 Å². The summed E-state index contributed by atoms with van der Waals surface area (Å²) in [6, 6.07) is 13.9. The molecule has 3 heterocycles. The van der Waals surface area contributed by atoms with Crippen LogP contribution in [0.25, 0.3) is 11.1 Å². The average molecular weight is 401 g/mol. The van der Waals surface area contributed by atoms with Crippen molar-refractivity contribution in [2.24, 2.45) is 0 Å². The van der Waals surface area contributed by atoms with Crippen LogP contribution < -0.4 is 10.1 Å². The Balaban J connectivity index is 1.34. The molecule has 0 amide bonds. The van der Waals surface area contributed by atoms with E-state index in [-0.39, 0.29) is 6.10 Å². The van der Waals surface area contributed by atoms with E-state index in [1.807, 2.05) is 36.4 Å². The SMILES string of the molecule is N#Cc1cc(-c2ccnc(Nc3cc(C4CC4)n[nH]3)c2)ccc1OC1CCOCC1. The Bertz CT molecular complexity index is 1080. The first kappa shape index (κ1) is 18.6. The van der Waals surface area contributed by atoms with E-state index in [0.29, 0.717) is 30.4 Å². The summed E-state index contributed by atoms with van der Waals surface area (Å²) in [7, 11) is 0. The van der Waals surface area contributed by atoms with Crippen LogP contribution in [0, 0.1) is 11.3 Å². The van der Waals surface area contributed by atoms with E-state index in [0.717, 1.165) is 41.3 Å². The quantitative estimate of drug-likeness (QED) is 0.630. The van der Waals surface area contributed by atoms with Crippen molar-refractivity contribution in [1.29, 1.82) is 5.26 Å². The zero-order valence-corrected chi connectivity index (χ0v) is 16.6. The molecule has 0 radical (unpaired) electrons. The first-order chi connectivity index (χ1) is 14.8. The molecule has 1 saturated carbocycles. The maximum atomic E-state index is 9.63. The van der Waals surface area contributed by atoms with Crippen LogP contribution in [0.5, 0.6) is 5.75 Å². The van der Waals surface area contributed by atoms with Gasteiger partial charge in [-0.05, 0) is 48.2 Å². The van der Waals surface area contributed by atoms with E-state index in [1.165, 1.54) is 12.8 Å². The standard InChI is InChI=1S/C23H23N5O2/c24-14-18-11-16(3-4-21(18)30-19-6-9-29-10-7-19)17-5-8-25-22(12-17)26-23-13-20(27-28-23)15-1-2-15/h3-5,8,11-13,15,19H,1-2,6-7,9-10H2,(H2,25,26,27,28). The van der Waals surface area contributed by atoms with Crippen LogP contribution >= 0.6 is 0 Å². The van der Waals surface area contributed by atoms with Gasteiger partial charge in [0, 0.05) is 31.0 Å². The molecule has 1 saturated heterocycles. The smallest absolute Gasteiger partial charge is 0.137 e. The van der Waals surface area contributed by atoms with Crippen molar-refractivity contribution in [2.75, 3.05) is 18.5 Å². The minimum absolute atomic E-state index is 0.100. The summed E-state index contributed by atoms with van der Waals surface area (Å²) in [5, 5.41) is 20.3. The molecular formula is C23H23N5O2. The highest BCUT2D eigenvalue weighted by molar-refractivity contribution is 5.70. The van der Waals surface area contributed by atoms with Gasteiger partial charge in [-0.1, -0.05) is 6.07 Å². The van der Waals surface area contributed by atoms with Crippen molar-refractivity contribution < 1.29 is 9.47 Å². The first-order valence-corrected chi connectivity index (χ1v) is 10.4. The van der Waals surface area contributed by atoms with Gasteiger partial charge < -0.3 is 14.8 Å². The van der Waals surface area contributed by atoms with Crippen molar-refractivity contribution in [3.05, 3.63) is 53.9 Å². The monoisotopic (exact) mass is 401 g/mol. The molecular weight excluding hydrogens is 378 g/mol. The summed E-state index contributed by atoms with van der Waals surface area (Å²) in [6.45, 7) is 1.41. The molecule has 7 heteroatoms. The second-order valence-corrected chi connectivity index (χ2v) is 7.79. The van der Waals surface area contributed by atoms with E-state index in [4.69, 9.17) is 9.47 Å². The van der Waals surface area contributed by atoms with Crippen LogP contribution in [0.2, 0.25) is 0 Å². The Morgan fingerprint density at radius 1 is 1.07 bits per heavy atom. The van der Waals surface area contributed by atoms with E-state index < -0.39 is 0 Å². The van der Waals surface area contributed by atoms with Gasteiger partial charge in [0.05, 0.1) is 24.5 Å². The fourth-order valence-electron chi connectivity index (χ4n) is 3.68. The molecule has 2 aliphatic rings. The highest BCUT2D eigenvalue weighted by atomic mass is 16.5. The van der Waals surface area contributed by atoms with E-state index in [1.54, 1.807) is 6.20 Å². The predicted octanol–water partition coefficient (Wildman–Crippen LogP) is 4.52. The lowest BCUT2D eigenvalue weighted by molar-refractivity contribution is 0.0254. The number of ether oxygens (including phenoxy) is 2. The summed E-state index contributed by atoms with van der Waals surface area (Å²) in [5.41, 5.74) is 3.56. The molecule has 0 bridgehead atoms. The van der Waals surface area contributed by atoms with Crippen LogP contribution in [0.3, 0.4) is 0 Å². The third-order valence-corrected chi connectivity index (χ3v) is 5.51. The molecule has 3 aromatic rings. The second kappa shape index (κ2) is 8.17. The highest BCUT2D eigenvalue weighted by Gasteiger charge is 2.26. The summed E-state index contributed by atoms with van der Waals surface area (Å²) < 4.78 is 11.4. The fourth-order valence-corrected chi connectivity index (χ4v) is 3.68. The number of nitrogens with one attached hydrogen (secondary N) is 2. The Kier molecular flexibility index (Phi) is 5.08. The number of hydrogen-bond acceptors (Lipinski definition) is 6. The Morgan fingerprint density at radius 3 is 2.70 bits per heavy atom. The van der Waals surface area contributed by atoms with Crippen molar-refractivity contribution in [1.82, 2.24) is 15.2 Å². The van der Waals surface area contributed by atoms with Gasteiger partial charge >= 0.3 is 0 Å². The van der Waals surface area contributed by atoms with Crippen LogP contribution in [0.15, 0.2) is 42.6 Å². The minimum atomic E-state index is 0.100. The molecule has 152 valence electrons. The van der Waals surface area contributed by atoms with Crippen LogP contribution in [0.1, 0.15) is 42.9 Å². The lowest BCUT2D eigenvalue weighted by Crippen LogP contribution is -2.26. The summed E-state index contributed by atoms with van der Waals surface area (Å²) in [5.74, 6) is 2.78. The van der Waals surface area contributed by atoms with Gasteiger partial charge in [0.2, 0.25) is 0 Å². The third kappa shape index (κ3) is 4.14. The lowest BCUT2D eigenvalue weighted by Gasteiger charge is -2.23. The number of benzene rings is 1. The Labute approximate surface area is 175 Å². The molecule has 5 rings (SSSR count). The van der Waals surface area contributed by atoms with Gasteiger partial charge in [-0.15, -0.1) is 0 Å². The predicted molar refractivity (Wildman–Crippen MR) is 113 cm³/mol. The van der Waals surface area contributed by atoms with Crippen molar-refractivity contribution in [2.45, 2.75) is 37.7 Å². The van der Waals surface area contributed by atoms with Gasteiger partial charge in [-0.3, -0.25) is 5.10 Å². The van der Waals surface area contributed by atoms with Crippen molar-refractivity contribution >= 4 is 11.6 Å². The number of nitrogens with zero attached hydrogens (tertiary/aromatic N) is 3. The van der Waals surface area contributed by atoms with Gasteiger partial charge in [-0.2, -0.15) is 10.4 Å². The Morgan fingerprint density at radius 2 is 1.90 bits per heavy atom. The Hall–Kier alpha value is -3.37. The molecule has 2 N–H and O–H groups in total. The molecule has 1 aliphatic heterocycles. The van der Waals surface area contributed by atoms with Crippen molar-refractivity contribution in [3.8, 4) is 22.9 Å². The zero-order chi connectivity index (χ0) is 20.3. The topological polar surface area (TPSA) is 95.9 Å². The van der Waals surface area contributed by atoms with Gasteiger partial charge in [-0.25, -0.2) is 4.98 Å². The summed E-state index contributed by atoms with van der Waals surface area (Å²) in [4.78, 5) is 4.41. The third-order valence-electron chi connectivity index (χ3n) is 5.51. The number of nitriles is 1. The maximum Gasteiger partial charge on any atom is 0.137 e. The normalized spacial score (nSPS) is 16.8. The molecule has 0 spiro atoms. The summed E-state index contributed by atoms with van der Waals surface area (Å²) >= 11 is 0.